The molecule has 3 amide bonds. The van der Waals surface area contributed by atoms with Crippen molar-refractivity contribution in [3.63, 3.8) is 0 Å². The molecule has 0 radical (unpaired) electrons. The molecule has 2 aromatic carbocycles. The zero-order valence-electron chi connectivity index (χ0n) is 20.4. The van der Waals surface area contributed by atoms with E-state index in [0.717, 1.165) is 15.6 Å². The Morgan fingerprint density at radius 1 is 1.11 bits per heavy atom. The minimum Gasteiger partial charge on any atom is -0.444 e. The van der Waals surface area contributed by atoms with Crippen molar-refractivity contribution in [2.24, 2.45) is 0 Å². The molecule has 1 heterocycles. The van der Waals surface area contributed by atoms with Crippen molar-refractivity contribution in [1.29, 1.82) is 0 Å². The van der Waals surface area contributed by atoms with Crippen LogP contribution in [0.3, 0.4) is 0 Å². The molecule has 3 rings (SSSR count). The van der Waals surface area contributed by atoms with Crippen molar-refractivity contribution in [2.75, 3.05) is 6.61 Å². The Morgan fingerprint density at radius 2 is 1.77 bits per heavy atom. The Balaban J connectivity index is 1.79. The summed E-state index contributed by atoms with van der Waals surface area (Å²) in [5.74, 6) is -0.857. The summed E-state index contributed by atoms with van der Waals surface area (Å²) in [5.41, 5.74) is -0.539. The van der Waals surface area contributed by atoms with Crippen molar-refractivity contribution < 1.29 is 23.9 Å². The maximum Gasteiger partial charge on any atom is 0.408 e. The van der Waals surface area contributed by atoms with Crippen molar-refractivity contribution in [3.8, 4) is 0 Å². The summed E-state index contributed by atoms with van der Waals surface area (Å²) < 4.78 is 12.3. The lowest BCUT2D eigenvalue weighted by Crippen LogP contribution is -2.63. The number of ether oxygens (including phenoxy) is 2. The highest BCUT2D eigenvalue weighted by Gasteiger charge is 2.53. The third-order valence-electron chi connectivity index (χ3n) is 5.58. The van der Waals surface area contributed by atoms with Gasteiger partial charge in [-0.25, -0.2) is 4.79 Å². The number of carbonyl (C=O) groups excluding carboxylic acids is 3. The van der Waals surface area contributed by atoms with E-state index in [2.05, 4.69) is 31.9 Å². The fraction of sp³-hybridized carbons (Fsp3) is 0.423. The lowest BCUT2D eigenvalue weighted by molar-refractivity contribution is -0.134. The van der Waals surface area contributed by atoms with Crippen LogP contribution in [0.25, 0.3) is 0 Å². The van der Waals surface area contributed by atoms with Crippen LogP contribution in [0.4, 0.5) is 4.79 Å². The van der Waals surface area contributed by atoms with Crippen LogP contribution in [-0.4, -0.2) is 41.7 Å². The number of nitrogens with one attached hydrogen (secondary N) is 3. The normalized spacial score (nSPS) is 20.5. The predicted octanol–water partition coefficient (Wildman–Crippen LogP) is 4.00. The van der Waals surface area contributed by atoms with Crippen LogP contribution in [0.2, 0.25) is 0 Å². The van der Waals surface area contributed by atoms with Gasteiger partial charge in [-0.2, -0.15) is 0 Å². The molecule has 2 aromatic rings. The highest BCUT2D eigenvalue weighted by atomic mass is 79.9. The molecule has 1 saturated heterocycles. The molecule has 8 nitrogen and oxygen atoms in total. The molecule has 3 N–H and O–H groups in total. The number of alkyl carbamates (subject to hydrolysis) is 1. The van der Waals surface area contributed by atoms with E-state index in [-0.39, 0.29) is 18.9 Å². The number of halogens is 1. The van der Waals surface area contributed by atoms with Crippen LogP contribution in [-0.2, 0) is 25.6 Å². The van der Waals surface area contributed by atoms with Crippen LogP contribution in [0.5, 0.6) is 0 Å². The monoisotopic (exact) mass is 545 g/mol. The first-order valence-electron chi connectivity index (χ1n) is 11.5. The summed E-state index contributed by atoms with van der Waals surface area (Å²) in [6, 6.07) is 16.0. The smallest absolute Gasteiger partial charge is 0.408 e. The van der Waals surface area contributed by atoms with E-state index in [1.165, 1.54) is 0 Å². The number of benzene rings is 2. The second-order valence-electron chi connectivity index (χ2n) is 9.55. The fourth-order valence-electron chi connectivity index (χ4n) is 3.86. The van der Waals surface area contributed by atoms with E-state index in [1.54, 1.807) is 27.7 Å². The number of amides is 3. The van der Waals surface area contributed by atoms with E-state index < -0.39 is 35.3 Å². The lowest BCUT2D eigenvalue weighted by Gasteiger charge is -2.35. The van der Waals surface area contributed by atoms with Gasteiger partial charge in [0.05, 0.1) is 6.61 Å². The molecule has 0 aliphatic carbocycles. The standard InChI is InChI=1S/C26H32BrN3O5/c1-17(22(31)28-16-18-8-6-5-7-9-18)29-23(32)26(30-24(33)35-25(2,3)4)14-15-34-21(26)19-10-12-20(27)13-11-19/h5-13,17,21H,14-16H2,1-4H3,(H,28,31)(H,29,32)(H,30,33)/t17-,21-,26+/m0/s1. The molecule has 0 spiro atoms. The molecule has 0 aromatic heterocycles. The summed E-state index contributed by atoms with van der Waals surface area (Å²) in [6.07, 6.45) is -1.28. The number of hydrogen-bond donors (Lipinski definition) is 3. The molecule has 0 saturated carbocycles. The molecule has 9 heteroatoms. The lowest BCUT2D eigenvalue weighted by atomic mass is 9.85. The highest BCUT2D eigenvalue weighted by molar-refractivity contribution is 9.10. The van der Waals surface area contributed by atoms with Gasteiger partial charge in [-0.3, -0.25) is 9.59 Å². The van der Waals surface area contributed by atoms with Gasteiger partial charge in [0.1, 0.15) is 17.7 Å². The van der Waals surface area contributed by atoms with Gasteiger partial charge < -0.3 is 25.4 Å². The summed E-state index contributed by atoms with van der Waals surface area (Å²) in [7, 11) is 0. The number of carbonyl (C=O) groups is 3. The fourth-order valence-corrected chi connectivity index (χ4v) is 4.13. The molecule has 1 aliphatic rings. The number of hydrogen-bond acceptors (Lipinski definition) is 5. The quantitative estimate of drug-likeness (QED) is 0.487. The first-order chi connectivity index (χ1) is 16.5. The van der Waals surface area contributed by atoms with Crippen molar-refractivity contribution in [2.45, 2.75) is 63.9 Å². The zero-order chi connectivity index (χ0) is 25.6. The summed E-state index contributed by atoms with van der Waals surface area (Å²) in [6.45, 7) is 7.43. The third-order valence-corrected chi connectivity index (χ3v) is 6.11. The van der Waals surface area contributed by atoms with Crippen LogP contribution >= 0.6 is 15.9 Å². The Bertz CT molecular complexity index is 1040. The van der Waals surface area contributed by atoms with Crippen molar-refractivity contribution in [3.05, 3.63) is 70.2 Å². The molecule has 188 valence electrons. The predicted molar refractivity (Wildman–Crippen MR) is 135 cm³/mol. The first-order valence-corrected chi connectivity index (χ1v) is 12.3. The van der Waals surface area contributed by atoms with E-state index in [1.807, 2.05) is 54.6 Å². The van der Waals surface area contributed by atoms with E-state index in [0.29, 0.717) is 6.54 Å². The average molecular weight is 546 g/mol. The Labute approximate surface area is 214 Å². The molecule has 1 fully saturated rings. The maximum absolute atomic E-state index is 13.7. The van der Waals surface area contributed by atoms with Crippen LogP contribution in [0, 0.1) is 0 Å². The van der Waals surface area contributed by atoms with E-state index in [4.69, 9.17) is 9.47 Å². The Kier molecular flexibility index (Phi) is 8.56. The molecule has 3 atom stereocenters. The van der Waals surface area contributed by atoms with Crippen molar-refractivity contribution in [1.82, 2.24) is 16.0 Å². The van der Waals surface area contributed by atoms with E-state index in [9.17, 15) is 14.4 Å². The topological polar surface area (TPSA) is 106 Å². The zero-order valence-corrected chi connectivity index (χ0v) is 22.0. The van der Waals surface area contributed by atoms with Crippen molar-refractivity contribution >= 4 is 33.8 Å². The molecule has 0 bridgehead atoms. The average Bonchev–Trinajstić information content (AvgIpc) is 3.21. The van der Waals surface area contributed by atoms with Gasteiger partial charge in [-0.15, -0.1) is 0 Å². The van der Waals surface area contributed by atoms with Gasteiger partial charge >= 0.3 is 6.09 Å². The van der Waals surface area contributed by atoms with E-state index >= 15 is 0 Å². The summed E-state index contributed by atoms with van der Waals surface area (Å²) in [4.78, 5) is 39.1. The second-order valence-corrected chi connectivity index (χ2v) is 10.5. The Morgan fingerprint density at radius 3 is 2.40 bits per heavy atom. The van der Waals surface area contributed by atoms with Gasteiger partial charge in [0.25, 0.3) is 0 Å². The van der Waals surface area contributed by atoms with Gasteiger partial charge in [-0.05, 0) is 51.0 Å². The summed E-state index contributed by atoms with van der Waals surface area (Å²) >= 11 is 3.41. The molecular formula is C26H32BrN3O5. The van der Waals surface area contributed by atoms with Crippen LogP contribution < -0.4 is 16.0 Å². The third kappa shape index (κ3) is 7.05. The van der Waals surface area contributed by atoms with Gasteiger partial charge in [0.2, 0.25) is 11.8 Å². The minimum absolute atomic E-state index is 0.219. The Hall–Kier alpha value is -2.91. The molecular weight excluding hydrogens is 514 g/mol. The molecule has 0 unspecified atom stereocenters. The largest absolute Gasteiger partial charge is 0.444 e. The summed E-state index contributed by atoms with van der Waals surface area (Å²) in [5, 5.41) is 8.37. The first kappa shape index (κ1) is 26.7. The van der Waals surface area contributed by atoms with Gasteiger partial charge in [0, 0.05) is 17.4 Å². The van der Waals surface area contributed by atoms with Crippen LogP contribution in [0.15, 0.2) is 59.1 Å². The van der Waals surface area contributed by atoms with Gasteiger partial charge in [0.15, 0.2) is 5.54 Å². The molecule has 35 heavy (non-hydrogen) atoms. The number of rotatable bonds is 7. The second kappa shape index (κ2) is 11.2. The minimum atomic E-state index is -1.45. The maximum atomic E-state index is 13.7. The van der Waals surface area contributed by atoms with Gasteiger partial charge in [-0.1, -0.05) is 58.4 Å². The van der Waals surface area contributed by atoms with Crippen LogP contribution in [0.1, 0.15) is 51.3 Å². The highest BCUT2D eigenvalue weighted by Crippen LogP contribution is 2.39. The SMILES string of the molecule is C[C@H](NC(=O)[C@@]1(NC(=O)OC(C)(C)C)CCO[C@H]1c1ccc(Br)cc1)C(=O)NCc1ccccc1. The molecule has 1 aliphatic heterocycles.